The molecule has 1 aliphatic heterocycles. The normalized spacial score (nSPS) is 14.5. The van der Waals surface area contributed by atoms with Gasteiger partial charge in [0.15, 0.2) is 4.80 Å². The molecule has 0 spiro atoms. The maximum absolute atomic E-state index is 14.4. The average Bonchev–Trinajstić information content (AvgIpc) is 3.64. The highest BCUT2D eigenvalue weighted by Crippen LogP contribution is 2.32. The number of methoxy groups -OCH3 is 1. The van der Waals surface area contributed by atoms with E-state index in [1.54, 1.807) is 43.2 Å². The molecule has 3 aromatic carbocycles. The first-order valence-corrected chi connectivity index (χ1v) is 16.4. The van der Waals surface area contributed by atoms with Crippen LogP contribution in [0.3, 0.4) is 0 Å². The summed E-state index contributed by atoms with van der Waals surface area (Å²) in [5.41, 5.74) is 5.44. The van der Waals surface area contributed by atoms with Gasteiger partial charge in [-0.1, -0.05) is 54.3 Å². The second-order valence-electron chi connectivity index (χ2n) is 11.6. The average molecular weight is 661 g/mol. The van der Waals surface area contributed by atoms with Crippen LogP contribution in [0.25, 0.3) is 23.0 Å². The molecule has 0 unspecified atom stereocenters. The molecule has 0 aliphatic carbocycles. The molecule has 9 nitrogen and oxygen atoms in total. The second kappa shape index (κ2) is 13.7. The van der Waals surface area contributed by atoms with Gasteiger partial charge in [0, 0.05) is 17.3 Å². The Morgan fingerprint density at radius 1 is 1.06 bits per heavy atom. The quantitative estimate of drug-likeness (QED) is 0.136. The predicted octanol–water partition coefficient (Wildman–Crippen LogP) is 5.92. The van der Waals surface area contributed by atoms with E-state index in [0.717, 1.165) is 33.7 Å². The van der Waals surface area contributed by atoms with Crippen molar-refractivity contribution in [2.75, 3.05) is 13.7 Å². The number of fused-ring (bicyclic) bond motifs is 1. The molecule has 0 N–H and O–H groups in total. The molecule has 1 aliphatic rings. The minimum absolute atomic E-state index is 0.273. The Balaban J connectivity index is 1.53. The first kappa shape index (κ1) is 32.5. The van der Waals surface area contributed by atoms with Crippen molar-refractivity contribution >= 4 is 23.4 Å². The number of para-hydroxylation sites is 1. The molecule has 3 heterocycles. The summed E-state index contributed by atoms with van der Waals surface area (Å²) in [6, 6.07) is 22.3. The van der Waals surface area contributed by atoms with Crippen LogP contribution in [-0.4, -0.2) is 40.1 Å². The monoisotopic (exact) mass is 660 g/mol. The highest BCUT2D eigenvalue weighted by atomic mass is 32.1. The molecule has 0 amide bonds. The molecule has 0 saturated heterocycles. The zero-order valence-electron chi connectivity index (χ0n) is 27.5. The third-order valence-electron chi connectivity index (χ3n) is 7.87. The number of benzene rings is 3. The van der Waals surface area contributed by atoms with E-state index in [2.05, 4.69) is 6.58 Å². The number of aromatic nitrogens is 3. The van der Waals surface area contributed by atoms with Crippen LogP contribution in [0.4, 0.5) is 0 Å². The minimum Gasteiger partial charge on any atom is -0.497 e. The maximum atomic E-state index is 14.4. The van der Waals surface area contributed by atoms with Gasteiger partial charge in [-0.3, -0.25) is 9.36 Å². The molecular formula is C38H36N4O5S. The van der Waals surface area contributed by atoms with E-state index >= 15 is 0 Å². The Morgan fingerprint density at radius 3 is 2.48 bits per heavy atom. The Labute approximate surface area is 282 Å². The Kier molecular flexibility index (Phi) is 9.27. The first-order valence-electron chi connectivity index (χ1n) is 15.6. The molecule has 6 rings (SSSR count). The van der Waals surface area contributed by atoms with Crippen molar-refractivity contribution in [3.8, 4) is 28.4 Å². The van der Waals surface area contributed by atoms with Gasteiger partial charge in [-0.2, -0.15) is 5.10 Å². The summed E-state index contributed by atoms with van der Waals surface area (Å²) in [7, 11) is 1.59. The molecule has 0 radical (unpaired) electrons. The lowest BCUT2D eigenvalue weighted by atomic mass is 9.96. The zero-order chi connectivity index (χ0) is 33.9. The van der Waals surface area contributed by atoms with Crippen LogP contribution in [0.5, 0.6) is 11.5 Å². The summed E-state index contributed by atoms with van der Waals surface area (Å²) < 4.78 is 20.7. The Hall–Kier alpha value is -5.48. The van der Waals surface area contributed by atoms with Crippen molar-refractivity contribution in [1.82, 2.24) is 14.3 Å². The molecule has 1 atom stereocenters. The van der Waals surface area contributed by atoms with Crippen LogP contribution < -0.4 is 24.4 Å². The van der Waals surface area contributed by atoms with Gasteiger partial charge in [0.05, 0.1) is 40.7 Å². The fraction of sp³-hybridized carbons (Fsp3) is 0.211. The van der Waals surface area contributed by atoms with Crippen LogP contribution in [0.2, 0.25) is 0 Å². The van der Waals surface area contributed by atoms with Crippen molar-refractivity contribution in [3.05, 3.63) is 139 Å². The van der Waals surface area contributed by atoms with E-state index in [1.807, 2.05) is 92.0 Å². The summed E-state index contributed by atoms with van der Waals surface area (Å²) in [4.78, 5) is 33.1. The van der Waals surface area contributed by atoms with Crippen LogP contribution in [0, 0.1) is 6.92 Å². The van der Waals surface area contributed by atoms with Gasteiger partial charge in [0.25, 0.3) is 5.56 Å². The van der Waals surface area contributed by atoms with E-state index in [1.165, 1.54) is 11.3 Å². The number of hydrogen-bond donors (Lipinski definition) is 0. The molecule has 0 saturated carbocycles. The van der Waals surface area contributed by atoms with Crippen LogP contribution in [0.15, 0.2) is 113 Å². The van der Waals surface area contributed by atoms with Gasteiger partial charge in [-0.15, -0.1) is 0 Å². The fourth-order valence-corrected chi connectivity index (χ4v) is 6.68. The van der Waals surface area contributed by atoms with E-state index in [9.17, 15) is 9.59 Å². The number of carbonyl (C=O) groups is 1. The van der Waals surface area contributed by atoms with Crippen LogP contribution >= 0.6 is 11.3 Å². The van der Waals surface area contributed by atoms with E-state index in [4.69, 9.17) is 24.3 Å². The lowest BCUT2D eigenvalue weighted by molar-refractivity contribution is -0.143. The van der Waals surface area contributed by atoms with Crippen molar-refractivity contribution in [1.29, 1.82) is 0 Å². The largest absolute Gasteiger partial charge is 0.497 e. The van der Waals surface area contributed by atoms with Gasteiger partial charge >= 0.3 is 5.97 Å². The van der Waals surface area contributed by atoms with Gasteiger partial charge in [-0.25, -0.2) is 14.5 Å². The number of aryl methyl sites for hydroxylation is 1. The van der Waals surface area contributed by atoms with E-state index < -0.39 is 12.0 Å². The SMILES string of the molecule is C=CCOc1ccc(-c2nn(-c3ccccc3)cc2/C=c2\sc3n(c2=O)[C@H](c2ccc(OC)cc2)C(C(=O)OC(C)C)=C(C)N=3)cc1C. The smallest absolute Gasteiger partial charge is 0.338 e. The number of hydrogen-bond acceptors (Lipinski definition) is 8. The highest BCUT2D eigenvalue weighted by molar-refractivity contribution is 7.07. The highest BCUT2D eigenvalue weighted by Gasteiger charge is 2.34. The molecule has 0 bridgehead atoms. The van der Waals surface area contributed by atoms with Gasteiger partial charge in [0.2, 0.25) is 0 Å². The molecule has 244 valence electrons. The summed E-state index contributed by atoms with van der Waals surface area (Å²) in [5, 5.41) is 4.96. The minimum atomic E-state index is -0.738. The third kappa shape index (κ3) is 6.39. The molecule has 48 heavy (non-hydrogen) atoms. The van der Waals surface area contributed by atoms with Crippen molar-refractivity contribution in [3.63, 3.8) is 0 Å². The van der Waals surface area contributed by atoms with Crippen LogP contribution in [0.1, 0.15) is 43.5 Å². The van der Waals surface area contributed by atoms with E-state index in [-0.39, 0.29) is 11.7 Å². The fourth-order valence-electron chi connectivity index (χ4n) is 5.64. The van der Waals surface area contributed by atoms with Gasteiger partial charge < -0.3 is 14.2 Å². The van der Waals surface area contributed by atoms with Crippen molar-refractivity contribution in [2.45, 2.75) is 39.8 Å². The molecule has 2 aromatic heterocycles. The van der Waals surface area contributed by atoms with Crippen LogP contribution in [-0.2, 0) is 9.53 Å². The summed E-state index contributed by atoms with van der Waals surface area (Å²) in [6.07, 6.45) is 5.13. The first-order chi connectivity index (χ1) is 23.2. The maximum Gasteiger partial charge on any atom is 0.338 e. The molecule has 0 fully saturated rings. The van der Waals surface area contributed by atoms with Crippen molar-refractivity contribution < 1.29 is 19.0 Å². The molecular weight excluding hydrogens is 625 g/mol. The lowest BCUT2D eigenvalue weighted by Gasteiger charge is -2.25. The Morgan fingerprint density at radius 2 is 1.81 bits per heavy atom. The zero-order valence-corrected chi connectivity index (χ0v) is 28.3. The van der Waals surface area contributed by atoms with Crippen molar-refractivity contribution in [2.24, 2.45) is 4.99 Å². The summed E-state index contributed by atoms with van der Waals surface area (Å²) in [5.74, 6) is 0.914. The van der Waals surface area contributed by atoms with E-state index in [0.29, 0.717) is 38.7 Å². The molecule has 5 aromatic rings. The number of rotatable bonds is 10. The second-order valence-corrected chi connectivity index (χ2v) is 12.6. The predicted molar refractivity (Wildman–Crippen MR) is 187 cm³/mol. The summed E-state index contributed by atoms with van der Waals surface area (Å²) in [6.45, 7) is 11.5. The number of nitrogens with zero attached hydrogens (tertiary/aromatic N) is 4. The Bertz CT molecular complexity index is 2210. The number of ether oxygens (including phenoxy) is 3. The number of allylic oxidation sites excluding steroid dienone is 1. The topological polar surface area (TPSA) is 96.9 Å². The number of carbonyl (C=O) groups excluding carboxylic acids is 1. The summed E-state index contributed by atoms with van der Waals surface area (Å²) >= 11 is 1.27. The van der Waals surface area contributed by atoms with Gasteiger partial charge in [-0.05, 0) is 87.4 Å². The lowest BCUT2D eigenvalue weighted by Crippen LogP contribution is -2.40. The third-order valence-corrected chi connectivity index (χ3v) is 8.85. The molecule has 10 heteroatoms. The number of esters is 1. The standard InChI is InChI=1S/C38H36N4O5S/c1-7-19-46-31-18-15-27(20-24(31)4)34-28(22-41(40-34)29-11-9-8-10-12-29)21-32-36(43)42-35(26-13-16-30(45-6)17-14-26)33(37(44)47-23(2)3)25(5)39-38(42)48-32/h7-18,20-23,35H,1,19H2,2-6H3/b32-21-/t35-/m1/s1. The number of thiazole rings is 1. The van der Waals surface area contributed by atoms with Gasteiger partial charge in [0.1, 0.15) is 23.8 Å².